The molecule has 2 N–H and O–H groups in total. The van der Waals surface area contributed by atoms with E-state index in [4.69, 9.17) is 10.5 Å². The third-order valence-corrected chi connectivity index (χ3v) is 1.95. The molecule has 0 bridgehead atoms. The zero-order valence-corrected chi connectivity index (χ0v) is 8.54. The molecular weight excluding hydrogens is 178 g/mol. The summed E-state index contributed by atoms with van der Waals surface area (Å²) in [5.74, 6) is -0.307. The highest BCUT2D eigenvalue weighted by Crippen LogP contribution is 2.13. The zero-order valence-electron chi connectivity index (χ0n) is 8.54. The van der Waals surface area contributed by atoms with Crippen LogP contribution in [0.4, 0.5) is 5.69 Å². The van der Waals surface area contributed by atoms with E-state index in [1.54, 1.807) is 12.1 Å². The van der Waals surface area contributed by atoms with Gasteiger partial charge < -0.3 is 10.5 Å². The maximum atomic E-state index is 11.4. The van der Waals surface area contributed by atoms with Gasteiger partial charge in [0.2, 0.25) is 0 Å². The van der Waals surface area contributed by atoms with E-state index >= 15 is 0 Å². The molecular formula is C11H15NO2. The van der Waals surface area contributed by atoms with Crippen LogP contribution in [0.15, 0.2) is 18.2 Å². The highest BCUT2D eigenvalue weighted by molar-refractivity contribution is 5.90. The van der Waals surface area contributed by atoms with Crippen LogP contribution in [0.5, 0.6) is 0 Å². The Hall–Kier alpha value is -1.51. The molecule has 3 heteroatoms. The lowest BCUT2D eigenvalue weighted by molar-refractivity contribution is 0.0505. The summed E-state index contributed by atoms with van der Waals surface area (Å²) in [5, 5.41) is 0. The molecule has 0 saturated heterocycles. The van der Waals surface area contributed by atoms with Crippen molar-refractivity contribution in [3.63, 3.8) is 0 Å². The molecule has 0 aromatic heterocycles. The quantitative estimate of drug-likeness (QED) is 0.591. The number of nitrogens with two attached hydrogens (primary N) is 1. The lowest BCUT2D eigenvalue weighted by atomic mass is 10.1. The summed E-state index contributed by atoms with van der Waals surface area (Å²) >= 11 is 0. The number of carbonyl (C=O) groups is 1. The predicted octanol–water partition coefficient (Wildman–Crippen LogP) is 2.14. The van der Waals surface area contributed by atoms with Crippen LogP contribution < -0.4 is 5.73 Å². The van der Waals surface area contributed by atoms with Gasteiger partial charge in [0.1, 0.15) is 0 Å². The number of aryl methyl sites for hydroxylation is 1. The molecule has 0 atom stereocenters. The fraction of sp³-hybridized carbons (Fsp3) is 0.364. The predicted molar refractivity (Wildman–Crippen MR) is 56.2 cm³/mol. The fourth-order valence-electron chi connectivity index (χ4n) is 1.05. The molecule has 14 heavy (non-hydrogen) atoms. The van der Waals surface area contributed by atoms with Gasteiger partial charge in [-0.1, -0.05) is 13.0 Å². The standard InChI is InChI=1S/C11H15NO2/c1-3-6-14-11(13)9-5-4-8(2)10(12)7-9/h4-5,7H,3,6,12H2,1-2H3. The Morgan fingerprint density at radius 2 is 2.21 bits per heavy atom. The van der Waals surface area contributed by atoms with Crippen molar-refractivity contribution in [3.05, 3.63) is 29.3 Å². The molecule has 0 aliphatic carbocycles. The van der Waals surface area contributed by atoms with Crippen molar-refractivity contribution in [1.82, 2.24) is 0 Å². The first-order valence-electron chi connectivity index (χ1n) is 4.68. The number of carbonyl (C=O) groups excluding carboxylic acids is 1. The molecule has 0 aliphatic rings. The monoisotopic (exact) mass is 193 g/mol. The number of hydrogen-bond donors (Lipinski definition) is 1. The lowest BCUT2D eigenvalue weighted by Crippen LogP contribution is -2.06. The Labute approximate surface area is 83.9 Å². The first-order chi connectivity index (χ1) is 6.65. The van der Waals surface area contributed by atoms with E-state index < -0.39 is 0 Å². The number of esters is 1. The fourth-order valence-corrected chi connectivity index (χ4v) is 1.05. The summed E-state index contributed by atoms with van der Waals surface area (Å²) in [5.41, 5.74) is 7.79. The molecule has 0 amide bonds. The Kier molecular flexibility index (Phi) is 3.51. The largest absolute Gasteiger partial charge is 0.462 e. The minimum atomic E-state index is -0.307. The number of hydrogen-bond acceptors (Lipinski definition) is 3. The maximum absolute atomic E-state index is 11.4. The van der Waals surface area contributed by atoms with Gasteiger partial charge in [-0.25, -0.2) is 4.79 Å². The molecule has 0 radical (unpaired) electrons. The number of rotatable bonds is 3. The van der Waals surface area contributed by atoms with Gasteiger partial charge in [0.25, 0.3) is 0 Å². The van der Waals surface area contributed by atoms with Gasteiger partial charge in [-0.3, -0.25) is 0 Å². The number of anilines is 1. The maximum Gasteiger partial charge on any atom is 0.338 e. The van der Waals surface area contributed by atoms with E-state index in [1.807, 2.05) is 19.9 Å². The Balaban J connectivity index is 2.76. The van der Waals surface area contributed by atoms with Crippen molar-refractivity contribution in [2.24, 2.45) is 0 Å². The van der Waals surface area contributed by atoms with Gasteiger partial charge >= 0.3 is 5.97 Å². The first kappa shape index (κ1) is 10.6. The number of nitrogen functional groups attached to an aromatic ring is 1. The van der Waals surface area contributed by atoms with Crippen molar-refractivity contribution in [1.29, 1.82) is 0 Å². The Morgan fingerprint density at radius 3 is 2.79 bits per heavy atom. The third kappa shape index (κ3) is 2.49. The Morgan fingerprint density at radius 1 is 1.50 bits per heavy atom. The molecule has 1 aromatic rings. The summed E-state index contributed by atoms with van der Waals surface area (Å²) in [6.07, 6.45) is 0.826. The summed E-state index contributed by atoms with van der Waals surface area (Å²) in [7, 11) is 0. The Bertz CT molecular complexity index is 334. The van der Waals surface area contributed by atoms with Crippen molar-refractivity contribution >= 4 is 11.7 Å². The van der Waals surface area contributed by atoms with Crippen LogP contribution in [-0.4, -0.2) is 12.6 Å². The van der Waals surface area contributed by atoms with Crippen LogP contribution in [0.1, 0.15) is 29.3 Å². The van der Waals surface area contributed by atoms with Gasteiger partial charge in [0.05, 0.1) is 12.2 Å². The van der Waals surface area contributed by atoms with Crippen molar-refractivity contribution < 1.29 is 9.53 Å². The summed E-state index contributed by atoms with van der Waals surface area (Å²) in [6.45, 7) is 4.31. The van der Waals surface area contributed by atoms with Gasteiger partial charge in [-0.05, 0) is 31.0 Å². The van der Waals surface area contributed by atoms with Crippen molar-refractivity contribution in [3.8, 4) is 0 Å². The van der Waals surface area contributed by atoms with Crippen LogP contribution in [0.25, 0.3) is 0 Å². The SMILES string of the molecule is CCCOC(=O)c1ccc(C)c(N)c1. The van der Waals surface area contributed by atoms with Crippen LogP contribution in [0, 0.1) is 6.92 Å². The van der Waals surface area contributed by atoms with E-state index in [2.05, 4.69) is 0 Å². The van der Waals surface area contributed by atoms with E-state index in [-0.39, 0.29) is 5.97 Å². The van der Waals surface area contributed by atoms with Crippen LogP contribution >= 0.6 is 0 Å². The molecule has 0 saturated carbocycles. The summed E-state index contributed by atoms with van der Waals surface area (Å²) < 4.78 is 4.98. The highest BCUT2D eigenvalue weighted by atomic mass is 16.5. The van der Waals surface area contributed by atoms with E-state index in [0.717, 1.165) is 12.0 Å². The van der Waals surface area contributed by atoms with Gasteiger partial charge in [0, 0.05) is 5.69 Å². The molecule has 0 fully saturated rings. The van der Waals surface area contributed by atoms with E-state index in [0.29, 0.717) is 17.9 Å². The topological polar surface area (TPSA) is 52.3 Å². The molecule has 0 aliphatic heterocycles. The molecule has 1 rings (SSSR count). The van der Waals surface area contributed by atoms with Crippen LogP contribution in [-0.2, 0) is 4.74 Å². The van der Waals surface area contributed by atoms with Crippen molar-refractivity contribution in [2.45, 2.75) is 20.3 Å². The smallest absolute Gasteiger partial charge is 0.338 e. The second kappa shape index (κ2) is 4.65. The van der Waals surface area contributed by atoms with Crippen molar-refractivity contribution in [2.75, 3.05) is 12.3 Å². The average molecular weight is 193 g/mol. The van der Waals surface area contributed by atoms with Gasteiger partial charge in [-0.15, -0.1) is 0 Å². The first-order valence-corrected chi connectivity index (χ1v) is 4.68. The average Bonchev–Trinajstić information content (AvgIpc) is 2.18. The third-order valence-electron chi connectivity index (χ3n) is 1.95. The molecule has 0 heterocycles. The normalized spacial score (nSPS) is 9.86. The van der Waals surface area contributed by atoms with Gasteiger partial charge in [-0.2, -0.15) is 0 Å². The second-order valence-corrected chi connectivity index (χ2v) is 3.21. The molecule has 3 nitrogen and oxygen atoms in total. The number of ether oxygens (including phenoxy) is 1. The highest BCUT2D eigenvalue weighted by Gasteiger charge is 2.07. The summed E-state index contributed by atoms with van der Waals surface area (Å²) in [6, 6.07) is 5.19. The molecule has 76 valence electrons. The second-order valence-electron chi connectivity index (χ2n) is 3.21. The minimum Gasteiger partial charge on any atom is -0.462 e. The van der Waals surface area contributed by atoms with Crippen LogP contribution in [0.3, 0.4) is 0 Å². The summed E-state index contributed by atoms with van der Waals surface area (Å²) in [4.78, 5) is 11.4. The zero-order chi connectivity index (χ0) is 10.6. The van der Waals surface area contributed by atoms with Gasteiger partial charge in [0.15, 0.2) is 0 Å². The van der Waals surface area contributed by atoms with E-state index in [9.17, 15) is 4.79 Å². The van der Waals surface area contributed by atoms with E-state index in [1.165, 1.54) is 0 Å². The molecule has 0 unspecified atom stereocenters. The molecule has 1 aromatic carbocycles. The van der Waals surface area contributed by atoms with Crippen LogP contribution in [0.2, 0.25) is 0 Å². The number of benzene rings is 1. The minimum absolute atomic E-state index is 0.307. The lowest BCUT2D eigenvalue weighted by Gasteiger charge is -2.05. The molecule has 0 spiro atoms.